The molecule has 148 valence electrons. The second kappa shape index (κ2) is 8.95. The number of rotatable bonds is 2. The summed E-state index contributed by atoms with van der Waals surface area (Å²) in [7, 11) is 4.02. The van der Waals surface area contributed by atoms with Gasteiger partial charge in [0.15, 0.2) is 0 Å². The molecule has 27 heavy (non-hydrogen) atoms. The van der Waals surface area contributed by atoms with E-state index in [1.807, 2.05) is 29.0 Å². The third-order valence-corrected chi connectivity index (χ3v) is 5.47. The van der Waals surface area contributed by atoms with Crippen LogP contribution in [0.5, 0.6) is 0 Å². The molecule has 1 saturated heterocycles. The van der Waals surface area contributed by atoms with Crippen LogP contribution in [0.4, 0.5) is 5.69 Å². The van der Waals surface area contributed by atoms with Crippen molar-refractivity contribution in [2.45, 2.75) is 12.5 Å². The number of hydrogen-bond donors (Lipinski definition) is 1. The molecule has 2 aromatic rings. The van der Waals surface area contributed by atoms with E-state index >= 15 is 0 Å². The standard InChI is InChI=1S/C19H25N5O.2ClH/c1-22-7-8-24(13-14-5-3-4-6-18(14)22)19(25)17-11-20-10-16(17)15-9-21-23(2)12-15;;/h3-6,9,12,16-17,20H,7-8,10-11,13H2,1-2H3;2*1H/t16-,17+;;/m1../s1. The zero-order valence-electron chi connectivity index (χ0n) is 15.7. The first-order valence-electron chi connectivity index (χ1n) is 8.90. The number of benzene rings is 1. The van der Waals surface area contributed by atoms with E-state index in [1.54, 1.807) is 0 Å². The van der Waals surface area contributed by atoms with Crippen LogP contribution >= 0.6 is 24.8 Å². The zero-order valence-corrected chi connectivity index (χ0v) is 17.3. The van der Waals surface area contributed by atoms with Gasteiger partial charge in [0.2, 0.25) is 5.91 Å². The van der Waals surface area contributed by atoms with Gasteiger partial charge in [-0.3, -0.25) is 9.48 Å². The Hall–Kier alpha value is -1.76. The Labute approximate surface area is 172 Å². The number of carbonyl (C=O) groups is 1. The van der Waals surface area contributed by atoms with Gasteiger partial charge in [-0.05, 0) is 17.2 Å². The fraction of sp³-hybridized carbons (Fsp3) is 0.474. The molecule has 8 heteroatoms. The third kappa shape index (κ3) is 4.23. The van der Waals surface area contributed by atoms with Crippen molar-refractivity contribution < 1.29 is 4.79 Å². The van der Waals surface area contributed by atoms with Crippen molar-refractivity contribution in [1.82, 2.24) is 20.0 Å². The lowest BCUT2D eigenvalue weighted by Gasteiger charge is -2.26. The van der Waals surface area contributed by atoms with Crippen molar-refractivity contribution in [3.05, 3.63) is 47.8 Å². The van der Waals surface area contributed by atoms with E-state index in [0.29, 0.717) is 6.54 Å². The number of hydrogen-bond acceptors (Lipinski definition) is 4. The molecular weight excluding hydrogens is 385 g/mol. The van der Waals surface area contributed by atoms with Crippen LogP contribution in [-0.2, 0) is 18.4 Å². The molecule has 0 bridgehead atoms. The fourth-order valence-corrected chi connectivity index (χ4v) is 4.04. The van der Waals surface area contributed by atoms with Crippen molar-refractivity contribution in [3.63, 3.8) is 0 Å². The summed E-state index contributed by atoms with van der Waals surface area (Å²) in [4.78, 5) is 17.6. The van der Waals surface area contributed by atoms with Gasteiger partial charge < -0.3 is 15.1 Å². The average molecular weight is 412 g/mol. The largest absolute Gasteiger partial charge is 0.373 e. The van der Waals surface area contributed by atoms with E-state index in [4.69, 9.17) is 0 Å². The van der Waals surface area contributed by atoms with Crippen LogP contribution in [-0.4, -0.2) is 53.8 Å². The highest BCUT2D eigenvalue weighted by molar-refractivity contribution is 5.85. The molecule has 0 aliphatic carbocycles. The molecule has 6 nitrogen and oxygen atoms in total. The number of aryl methyl sites for hydroxylation is 1. The van der Waals surface area contributed by atoms with E-state index in [9.17, 15) is 4.79 Å². The minimum absolute atomic E-state index is 0. The zero-order chi connectivity index (χ0) is 17.4. The molecular formula is C19H27Cl2N5O. The topological polar surface area (TPSA) is 53.4 Å². The van der Waals surface area contributed by atoms with Crippen LogP contribution in [0.25, 0.3) is 0 Å². The number of halogens is 2. The van der Waals surface area contributed by atoms with Gasteiger partial charge in [-0.1, -0.05) is 18.2 Å². The number of nitrogens with one attached hydrogen (secondary N) is 1. The molecule has 0 spiro atoms. The van der Waals surface area contributed by atoms with Gasteiger partial charge in [-0.2, -0.15) is 5.10 Å². The Balaban J connectivity index is 0.00000131. The summed E-state index contributed by atoms with van der Waals surface area (Å²) in [5.74, 6) is 0.446. The van der Waals surface area contributed by atoms with Crippen LogP contribution in [0.3, 0.4) is 0 Å². The summed E-state index contributed by atoms with van der Waals surface area (Å²) in [6.07, 6.45) is 3.92. The minimum atomic E-state index is -0.0141. The third-order valence-electron chi connectivity index (χ3n) is 5.47. The molecule has 2 aliphatic heterocycles. The Morgan fingerprint density at radius 1 is 1.15 bits per heavy atom. The number of aromatic nitrogens is 2. The number of amides is 1. The lowest BCUT2D eigenvalue weighted by molar-refractivity contribution is -0.135. The van der Waals surface area contributed by atoms with Crippen LogP contribution in [0.2, 0.25) is 0 Å². The molecule has 3 heterocycles. The van der Waals surface area contributed by atoms with E-state index in [0.717, 1.165) is 31.7 Å². The fourth-order valence-electron chi connectivity index (χ4n) is 4.04. The Bertz CT molecular complexity index is 781. The van der Waals surface area contributed by atoms with Crippen LogP contribution in [0.1, 0.15) is 17.0 Å². The number of fused-ring (bicyclic) bond motifs is 1. The van der Waals surface area contributed by atoms with Crippen molar-refractivity contribution in [3.8, 4) is 0 Å². The van der Waals surface area contributed by atoms with Crippen molar-refractivity contribution in [2.24, 2.45) is 13.0 Å². The normalized spacial score (nSPS) is 21.7. The number of nitrogens with zero attached hydrogens (tertiary/aromatic N) is 4. The Kier molecular flexibility index (Phi) is 7.14. The summed E-state index contributed by atoms with van der Waals surface area (Å²) in [5, 5.41) is 7.68. The van der Waals surface area contributed by atoms with E-state index in [1.165, 1.54) is 11.3 Å². The second-order valence-electron chi connectivity index (χ2n) is 7.13. The van der Waals surface area contributed by atoms with Gasteiger partial charge in [0.1, 0.15) is 0 Å². The first-order chi connectivity index (χ1) is 12.1. The second-order valence-corrected chi connectivity index (χ2v) is 7.13. The van der Waals surface area contributed by atoms with Crippen LogP contribution in [0.15, 0.2) is 36.7 Å². The highest BCUT2D eigenvalue weighted by atomic mass is 35.5. The van der Waals surface area contributed by atoms with Gasteiger partial charge in [0.05, 0.1) is 12.1 Å². The molecule has 1 fully saturated rings. The molecule has 0 saturated carbocycles. The highest BCUT2D eigenvalue weighted by Gasteiger charge is 2.37. The summed E-state index contributed by atoms with van der Waals surface area (Å²) in [5.41, 5.74) is 3.60. The maximum absolute atomic E-state index is 13.3. The van der Waals surface area contributed by atoms with Crippen molar-refractivity contribution in [2.75, 3.05) is 38.1 Å². The van der Waals surface area contributed by atoms with Crippen molar-refractivity contribution in [1.29, 1.82) is 0 Å². The van der Waals surface area contributed by atoms with Crippen molar-refractivity contribution >= 4 is 36.4 Å². The molecule has 0 radical (unpaired) electrons. The van der Waals surface area contributed by atoms with E-state index in [-0.39, 0.29) is 42.6 Å². The Morgan fingerprint density at radius 2 is 1.93 bits per heavy atom. The molecule has 1 N–H and O–H groups in total. The molecule has 2 atom stereocenters. The van der Waals surface area contributed by atoms with E-state index < -0.39 is 0 Å². The van der Waals surface area contributed by atoms with Gasteiger partial charge in [0.25, 0.3) is 0 Å². The molecule has 4 rings (SSSR count). The lowest BCUT2D eigenvalue weighted by Crippen LogP contribution is -2.40. The first-order valence-corrected chi connectivity index (χ1v) is 8.90. The summed E-state index contributed by atoms with van der Waals surface area (Å²) in [6, 6.07) is 8.38. The predicted octanol–water partition coefficient (Wildman–Crippen LogP) is 2.05. The Morgan fingerprint density at radius 3 is 2.67 bits per heavy atom. The maximum atomic E-state index is 13.3. The number of carbonyl (C=O) groups excluding carboxylic acids is 1. The monoisotopic (exact) mass is 411 g/mol. The molecule has 1 amide bonds. The number of anilines is 1. The van der Waals surface area contributed by atoms with E-state index in [2.05, 4.69) is 46.6 Å². The minimum Gasteiger partial charge on any atom is -0.373 e. The SMILES string of the molecule is CN1CCN(C(=O)[C@H]2CNC[C@@H]2c2cnn(C)c2)Cc2ccccc21.Cl.Cl. The number of para-hydroxylation sites is 1. The highest BCUT2D eigenvalue weighted by Crippen LogP contribution is 2.31. The molecule has 2 aliphatic rings. The first kappa shape index (κ1) is 21.5. The summed E-state index contributed by atoms with van der Waals surface area (Å²) >= 11 is 0. The maximum Gasteiger partial charge on any atom is 0.228 e. The lowest BCUT2D eigenvalue weighted by atomic mass is 9.89. The van der Waals surface area contributed by atoms with Gasteiger partial charge in [0, 0.05) is 64.6 Å². The smallest absolute Gasteiger partial charge is 0.228 e. The van der Waals surface area contributed by atoms with Gasteiger partial charge in [-0.25, -0.2) is 0 Å². The molecule has 1 aromatic heterocycles. The van der Waals surface area contributed by atoms with Gasteiger partial charge in [-0.15, -0.1) is 24.8 Å². The van der Waals surface area contributed by atoms with Gasteiger partial charge >= 0.3 is 0 Å². The number of likely N-dealkylation sites (N-methyl/N-ethyl adjacent to an activating group) is 1. The molecule has 1 aromatic carbocycles. The van der Waals surface area contributed by atoms with Crippen LogP contribution in [0, 0.1) is 5.92 Å². The van der Waals surface area contributed by atoms with Crippen LogP contribution < -0.4 is 10.2 Å². The summed E-state index contributed by atoms with van der Waals surface area (Å²) in [6.45, 7) is 3.90. The molecule has 0 unspecified atom stereocenters. The predicted molar refractivity (Wildman–Crippen MR) is 112 cm³/mol. The quantitative estimate of drug-likeness (QED) is 0.821. The summed E-state index contributed by atoms with van der Waals surface area (Å²) < 4.78 is 1.81. The average Bonchev–Trinajstić information content (AvgIpc) is 3.23.